The molecule has 1 aromatic carbocycles. The summed E-state index contributed by atoms with van der Waals surface area (Å²) in [5.74, 6) is 1.79. The monoisotopic (exact) mass is 261 g/mol. The van der Waals surface area contributed by atoms with Crippen LogP contribution in [0.1, 0.15) is 36.5 Å². The van der Waals surface area contributed by atoms with Crippen molar-refractivity contribution < 1.29 is 9.53 Å². The van der Waals surface area contributed by atoms with Crippen LogP contribution in [-0.2, 0) is 0 Å². The third-order valence-corrected chi connectivity index (χ3v) is 3.85. The molecule has 0 N–H and O–H groups in total. The number of nitrogens with zero attached hydrogens (tertiary/aromatic N) is 1. The van der Waals surface area contributed by atoms with Gasteiger partial charge in [-0.2, -0.15) is 0 Å². The number of carbonyl (C=O) groups is 1. The molecule has 1 heterocycles. The second-order valence-electron chi connectivity index (χ2n) is 5.33. The van der Waals surface area contributed by atoms with Crippen molar-refractivity contribution in [3.63, 3.8) is 0 Å². The van der Waals surface area contributed by atoms with E-state index in [0.717, 1.165) is 30.3 Å². The minimum absolute atomic E-state index is 0.208. The van der Waals surface area contributed by atoms with E-state index in [1.165, 1.54) is 19.3 Å². The van der Waals surface area contributed by atoms with Crippen LogP contribution in [0.15, 0.2) is 24.3 Å². The van der Waals surface area contributed by atoms with Crippen molar-refractivity contribution in [2.75, 3.05) is 26.7 Å². The minimum Gasteiger partial charge on any atom is -0.497 e. The van der Waals surface area contributed by atoms with Gasteiger partial charge in [-0.25, -0.2) is 0 Å². The van der Waals surface area contributed by atoms with Gasteiger partial charge in [0.25, 0.3) is 0 Å². The lowest BCUT2D eigenvalue weighted by Crippen LogP contribution is -2.27. The molecule has 0 bridgehead atoms. The first-order valence-electron chi connectivity index (χ1n) is 7.12. The van der Waals surface area contributed by atoms with Crippen LogP contribution >= 0.6 is 0 Å². The van der Waals surface area contributed by atoms with E-state index in [1.54, 1.807) is 7.11 Å². The summed E-state index contributed by atoms with van der Waals surface area (Å²) >= 11 is 0. The number of likely N-dealkylation sites (tertiary alicyclic amines) is 1. The molecule has 0 aromatic heterocycles. The summed E-state index contributed by atoms with van der Waals surface area (Å²) in [4.78, 5) is 14.5. The fraction of sp³-hybridized carbons (Fsp3) is 0.562. The van der Waals surface area contributed by atoms with Crippen LogP contribution in [-0.4, -0.2) is 37.4 Å². The first-order valence-corrected chi connectivity index (χ1v) is 7.12. The van der Waals surface area contributed by atoms with Gasteiger partial charge in [0.05, 0.1) is 13.7 Å². The van der Waals surface area contributed by atoms with Crippen LogP contribution in [0.4, 0.5) is 0 Å². The molecular weight excluding hydrogens is 238 g/mol. The maximum atomic E-state index is 12.2. The average molecular weight is 261 g/mol. The Balaban J connectivity index is 1.87. The Kier molecular flexibility index (Phi) is 4.97. The molecule has 3 heteroatoms. The Morgan fingerprint density at radius 2 is 2.11 bits per heavy atom. The molecule has 2 rings (SSSR count). The molecule has 19 heavy (non-hydrogen) atoms. The molecule has 0 amide bonds. The van der Waals surface area contributed by atoms with Gasteiger partial charge in [0.15, 0.2) is 5.78 Å². The number of hydrogen-bond donors (Lipinski definition) is 0. The Labute approximate surface area is 115 Å². The average Bonchev–Trinajstić information content (AvgIpc) is 2.86. The van der Waals surface area contributed by atoms with E-state index >= 15 is 0 Å². The van der Waals surface area contributed by atoms with Crippen LogP contribution in [0.5, 0.6) is 5.75 Å². The van der Waals surface area contributed by atoms with Crippen molar-refractivity contribution in [3.8, 4) is 5.75 Å². The predicted molar refractivity (Wildman–Crippen MR) is 76.8 cm³/mol. The molecule has 1 atom stereocenters. The van der Waals surface area contributed by atoms with Crippen LogP contribution in [0, 0.1) is 5.92 Å². The van der Waals surface area contributed by atoms with Gasteiger partial charge < -0.3 is 4.74 Å². The second kappa shape index (κ2) is 6.71. The number of methoxy groups -OCH3 is 1. The fourth-order valence-corrected chi connectivity index (χ4v) is 2.77. The van der Waals surface area contributed by atoms with Crippen molar-refractivity contribution in [3.05, 3.63) is 29.8 Å². The number of ether oxygens (including phenoxy) is 1. The van der Waals surface area contributed by atoms with Crippen LogP contribution in [0.25, 0.3) is 0 Å². The molecule has 1 aliphatic heterocycles. The Morgan fingerprint density at radius 3 is 2.74 bits per heavy atom. The molecule has 1 aliphatic rings. The van der Waals surface area contributed by atoms with Crippen molar-refractivity contribution in [2.45, 2.75) is 26.2 Å². The lowest BCUT2D eigenvalue weighted by molar-refractivity contribution is 0.0943. The first kappa shape index (κ1) is 14.1. The number of rotatable bonds is 6. The third-order valence-electron chi connectivity index (χ3n) is 3.85. The smallest absolute Gasteiger partial charge is 0.176 e. The van der Waals surface area contributed by atoms with Gasteiger partial charge in [-0.3, -0.25) is 9.69 Å². The molecule has 1 fully saturated rings. The third kappa shape index (κ3) is 3.80. The van der Waals surface area contributed by atoms with Gasteiger partial charge in [0.2, 0.25) is 0 Å². The number of benzene rings is 1. The largest absolute Gasteiger partial charge is 0.497 e. The first-order chi connectivity index (χ1) is 9.22. The summed E-state index contributed by atoms with van der Waals surface area (Å²) in [7, 11) is 1.63. The van der Waals surface area contributed by atoms with Crippen molar-refractivity contribution in [1.29, 1.82) is 0 Å². The van der Waals surface area contributed by atoms with Gasteiger partial charge in [-0.05, 0) is 49.6 Å². The van der Waals surface area contributed by atoms with Crippen LogP contribution in [0.2, 0.25) is 0 Å². The van der Waals surface area contributed by atoms with Gasteiger partial charge in [0.1, 0.15) is 5.75 Å². The quantitative estimate of drug-likeness (QED) is 0.737. The van der Waals surface area contributed by atoms with Gasteiger partial charge in [0, 0.05) is 12.1 Å². The maximum Gasteiger partial charge on any atom is 0.176 e. The highest BCUT2D eigenvalue weighted by molar-refractivity contribution is 5.97. The molecule has 0 spiro atoms. The van der Waals surface area contributed by atoms with E-state index < -0.39 is 0 Å². The zero-order valence-electron chi connectivity index (χ0n) is 11.9. The Morgan fingerprint density at radius 1 is 1.37 bits per heavy atom. The molecule has 3 nitrogen and oxygen atoms in total. The standard InChI is InChI=1S/C16H23NO2/c1-3-4-13-9-10-17(11-13)12-16(18)14-5-7-15(19-2)8-6-14/h5-8,13H,3-4,9-12H2,1-2H3. The van der Waals surface area contributed by atoms with E-state index in [4.69, 9.17) is 4.74 Å². The summed E-state index contributed by atoms with van der Waals surface area (Å²) in [5.41, 5.74) is 0.778. The van der Waals surface area contributed by atoms with Gasteiger partial charge in [-0.15, -0.1) is 0 Å². The number of ketones is 1. The molecule has 0 radical (unpaired) electrons. The summed E-state index contributed by atoms with van der Waals surface area (Å²) in [5, 5.41) is 0. The molecular formula is C16H23NO2. The summed E-state index contributed by atoms with van der Waals surface area (Å²) in [6, 6.07) is 7.38. The van der Waals surface area contributed by atoms with Crippen LogP contribution < -0.4 is 4.74 Å². The van der Waals surface area contributed by atoms with E-state index in [2.05, 4.69) is 11.8 Å². The molecule has 0 aliphatic carbocycles. The summed E-state index contributed by atoms with van der Waals surface area (Å²) < 4.78 is 5.10. The molecule has 1 saturated heterocycles. The van der Waals surface area contributed by atoms with E-state index in [9.17, 15) is 4.79 Å². The van der Waals surface area contributed by atoms with Crippen molar-refractivity contribution in [2.24, 2.45) is 5.92 Å². The number of Topliss-reactive ketones (excluding diaryl/α,β-unsaturated/α-hetero) is 1. The molecule has 104 valence electrons. The van der Waals surface area contributed by atoms with Crippen molar-refractivity contribution >= 4 is 5.78 Å². The molecule has 1 aromatic rings. The molecule has 1 unspecified atom stereocenters. The highest BCUT2D eigenvalue weighted by Crippen LogP contribution is 2.21. The highest BCUT2D eigenvalue weighted by Gasteiger charge is 2.23. The lowest BCUT2D eigenvalue weighted by Gasteiger charge is -2.15. The fourth-order valence-electron chi connectivity index (χ4n) is 2.77. The highest BCUT2D eigenvalue weighted by atomic mass is 16.5. The minimum atomic E-state index is 0.208. The lowest BCUT2D eigenvalue weighted by atomic mass is 10.0. The Bertz CT molecular complexity index is 413. The number of hydrogen-bond acceptors (Lipinski definition) is 3. The number of carbonyl (C=O) groups excluding carboxylic acids is 1. The van der Waals surface area contributed by atoms with E-state index in [0.29, 0.717) is 6.54 Å². The zero-order valence-corrected chi connectivity index (χ0v) is 11.9. The maximum absolute atomic E-state index is 12.2. The second-order valence-corrected chi connectivity index (χ2v) is 5.33. The topological polar surface area (TPSA) is 29.5 Å². The van der Waals surface area contributed by atoms with Gasteiger partial charge >= 0.3 is 0 Å². The van der Waals surface area contributed by atoms with Crippen molar-refractivity contribution in [1.82, 2.24) is 4.90 Å². The predicted octanol–water partition coefficient (Wildman–Crippen LogP) is 3.00. The molecule has 0 saturated carbocycles. The normalized spacial score (nSPS) is 19.6. The van der Waals surface area contributed by atoms with E-state index in [1.807, 2.05) is 24.3 Å². The van der Waals surface area contributed by atoms with Gasteiger partial charge in [-0.1, -0.05) is 13.3 Å². The Hall–Kier alpha value is -1.35. The zero-order chi connectivity index (χ0) is 13.7. The SMILES string of the molecule is CCCC1CCN(CC(=O)c2ccc(OC)cc2)C1. The summed E-state index contributed by atoms with van der Waals surface area (Å²) in [6.45, 7) is 4.92. The van der Waals surface area contributed by atoms with Crippen LogP contribution in [0.3, 0.4) is 0 Å². The van der Waals surface area contributed by atoms with E-state index in [-0.39, 0.29) is 5.78 Å². The summed E-state index contributed by atoms with van der Waals surface area (Å²) in [6.07, 6.45) is 3.77.